The van der Waals surface area contributed by atoms with E-state index in [0.717, 1.165) is 31.2 Å². The van der Waals surface area contributed by atoms with E-state index < -0.39 is 0 Å². The largest absolute Gasteiger partial charge is 0.332 e. The fraction of sp³-hybridized carbons (Fsp3) is 0.320. The van der Waals surface area contributed by atoms with Crippen molar-refractivity contribution in [2.45, 2.75) is 38.3 Å². The average Bonchev–Trinajstić information content (AvgIpc) is 3.19. The number of hydrogen-bond acceptors (Lipinski definition) is 3. The minimum atomic E-state index is -0.286. The minimum Gasteiger partial charge on any atom is -0.320 e. The summed E-state index contributed by atoms with van der Waals surface area (Å²) in [5.41, 5.74) is 2.70. The first kappa shape index (κ1) is 20.8. The van der Waals surface area contributed by atoms with E-state index in [1.807, 2.05) is 34.9 Å². The molecule has 6 nitrogen and oxygen atoms in total. The molecule has 1 aliphatic carbocycles. The lowest BCUT2D eigenvalue weighted by molar-refractivity contribution is 0.177. The van der Waals surface area contributed by atoms with Gasteiger partial charge in [0.25, 0.3) is 5.56 Å². The van der Waals surface area contributed by atoms with Gasteiger partial charge in [0.2, 0.25) is 0 Å². The maximum absolute atomic E-state index is 13.4. The summed E-state index contributed by atoms with van der Waals surface area (Å²) in [6.45, 7) is 0.492. The van der Waals surface area contributed by atoms with Gasteiger partial charge in [-0.1, -0.05) is 54.1 Å². The number of nitrogens with zero attached hydrogens (tertiary/aromatic N) is 4. The van der Waals surface area contributed by atoms with Gasteiger partial charge in [0, 0.05) is 24.7 Å². The van der Waals surface area contributed by atoms with Gasteiger partial charge in [-0.15, -0.1) is 0 Å². The van der Waals surface area contributed by atoms with Gasteiger partial charge in [-0.2, -0.15) is 0 Å². The number of halogens is 1. The molecule has 0 spiro atoms. The van der Waals surface area contributed by atoms with E-state index in [1.54, 1.807) is 13.4 Å². The van der Waals surface area contributed by atoms with Crippen LogP contribution in [0.2, 0.25) is 5.02 Å². The smallest absolute Gasteiger partial charge is 0.320 e. The van der Waals surface area contributed by atoms with Crippen molar-refractivity contribution in [2.75, 3.05) is 0 Å². The van der Waals surface area contributed by atoms with Crippen molar-refractivity contribution in [1.29, 1.82) is 0 Å². The van der Waals surface area contributed by atoms with Crippen LogP contribution in [0.4, 0.5) is 0 Å². The molecule has 0 saturated heterocycles. The molecular weight excluding hydrogens is 424 g/mol. The summed E-state index contributed by atoms with van der Waals surface area (Å²) in [5, 5.41) is 0.667. The van der Waals surface area contributed by atoms with E-state index in [0.29, 0.717) is 28.6 Å². The second kappa shape index (κ2) is 8.43. The Hall–Kier alpha value is -3.12. The number of hydrogen-bond donors (Lipinski definition) is 0. The van der Waals surface area contributed by atoms with E-state index in [1.165, 1.54) is 14.7 Å². The molecule has 1 fully saturated rings. The normalized spacial score (nSPS) is 18.1. The Labute approximate surface area is 190 Å². The lowest BCUT2D eigenvalue weighted by Gasteiger charge is -2.36. The number of aromatic nitrogens is 4. The van der Waals surface area contributed by atoms with Crippen LogP contribution < -0.4 is 11.2 Å². The first-order chi connectivity index (χ1) is 15.5. The molecule has 1 aliphatic rings. The quantitative estimate of drug-likeness (QED) is 0.444. The fourth-order valence-electron chi connectivity index (χ4n) is 4.68. The summed E-state index contributed by atoms with van der Waals surface area (Å²) in [6, 6.07) is 17.9. The standard InChI is InChI=1S/C25H25ClN4O2/c1-28-23-22(29(16-27-23)15-18-9-11-20(26)12-10-18)24(31)30(25(28)32)21-13-19(14-21)8-7-17-5-3-2-4-6-17/h2-6,9-12,16,19,21H,7-8,13-15H2,1H3. The lowest BCUT2D eigenvalue weighted by atomic mass is 9.77. The third-order valence-corrected chi connectivity index (χ3v) is 6.83. The summed E-state index contributed by atoms with van der Waals surface area (Å²) in [5.74, 6) is 0.534. The highest BCUT2D eigenvalue weighted by Gasteiger charge is 2.33. The van der Waals surface area contributed by atoms with Gasteiger partial charge >= 0.3 is 5.69 Å². The molecule has 2 heterocycles. The molecule has 164 valence electrons. The Bertz CT molecular complexity index is 1360. The van der Waals surface area contributed by atoms with Crippen molar-refractivity contribution in [1.82, 2.24) is 18.7 Å². The molecule has 4 aromatic rings. The van der Waals surface area contributed by atoms with Crippen LogP contribution in [0.3, 0.4) is 0 Å². The lowest BCUT2D eigenvalue weighted by Crippen LogP contribution is -2.45. The Morgan fingerprint density at radius 2 is 1.72 bits per heavy atom. The highest BCUT2D eigenvalue weighted by atomic mass is 35.5. The molecule has 2 aromatic heterocycles. The third-order valence-electron chi connectivity index (χ3n) is 6.58. The fourth-order valence-corrected chi connectivity index (χ4v) is 4.81. The molecule has 0 aliphatic heterocycles. The number of fused-ring (bicyclic) bond motifs is 1. The van der Waals surface area contributed by atoms with Gasteiger partial charge in [0.05, 0.1) is 6.33 Å². The van der Waals surface area contributed by atoms with Crippen LogP contribution in [0.1, 0.15) is 36.4 Å². The van der Waals surface area contributed by atoms with Crippen LogP contribution >= 0.6 is 11.6 Å². The van der Waals surface area contributed by atoms with E-state index in [9.17, 15) is 9.59 Å². The second-order valence-electron chi connectivity index (χ2n) is 8.70. The highest BCUT2D eigenvalue weighted by Crippen LogP contribution is 2.39. The molecule has 0 atom stereocenters. The molecule has 32 heavy (non-hydrogen) atoms. The maximum Gasteiger partial charge on any atom is 0.332 e. The van der Waals surface area contributed by atoms with Crippen LogP contribution in [0.5, 0.6) is 0 Å². The van der Waals surface area contributed by atoms with E-state index in [-0.39, 0.29) is 17.3 Å². The van der Waals surface area contributed by atoms with E-state index >= 15 is 0 Å². The van der Waals surface area contributed by atoms with Gasteiger partial charge in [-0.05, 0) is 54.9 Å². The second-order valence-corrected chi connectivity index (χ2v) is 9.14. The van der Waals surface area contributed by atoms with Crippen molar-refractivity contribution in [2.24, 2.45) is 13.0 Å². The zero-order valence-corrected chi connectivity index (χ0v) is 18.7. The molecule has 7 heteroatoms. The zero-order chi connectivity index (χ0) is 22.2. The molecule has 0 radical (unpaired) electrons. The zero-order valence-electron chi connectivity index (χ0n) is 17.9. The van der Waals surface area contributed by atoms with Crippen molar-refractivity contribution in [3.05, 3.63) is 97.9 Å². The Balaban J connectivity index is 1.39. The Kier molecular flexibility index (Phi) is 5.47. The predicted octanol–water partition coefficient (Wildman–Crippen LogP) is 4.18. The number of rotatable bonds is 6. The van der Waals surface area contributed by atoms with Crippen LogP contribution in [-0.4, -0.2) is 18.7 Å². The van der Waals surface area contributed by atoms with Gasteiger partial charge in [0.1, 0.15) is 0 Å². The number of aryl methyl sites for hydroxylation is 2. The molecule has 2 aromatic carbocycles. The van der Waals surface area contributed by atoms with Crippen molar-refractivity contribution in [3.8, 4) is 0 Å². The predicted molar refractivity (Wildman–Crippen MR) is 126 cm³/mol. The van der Waals surface area contributed by atoms with Crippen LogP contribution in [-0.2, 0) is 20.0 Å². The topological polar surface area (TPSA) is 61.8 Å². The van der Waals surface area contributed by atoms with Crippen LogP contribution in [0.25, 0.3) is 11.2 Å². The summed E-state index contributed by atoms with van der Waals surface area (Å²) >= 11 is 5.99. The first-order valence-electron chi connectivity index (χ1n) is 11.0. The van der Waals surface area contributed by atoms with Crippen LogP contribution in [0.15, 0.2) is 70.5 Å². The molecule has 0 bridgehead atoms. The van der Waals surface area contributed by atoms with Crippen molar-refractivity contribution >= 4 is 22.8 Å². The summed E-state index contributed by atoms with van der Waals surface area (Å²) in [4.78, 5) is 30.8. The molecule has 0 amide bonds. The number of imidazole rings is 1. The monoisotopic (exact) mass is 448 g/mol. The summed E-state index contributed by atoms with van der Waals surface area (Å²) < 4.78 is 4.76. The molecule has 1 saturated carbocycles. The SMILES string of the molecule is Cn1c(=O)n(C2CC(CCc3ccccc3)C2)c(=O)c2c1ncn2Cc1ccc(Cl)cc1. The molecule has 5 rings (SSSR count). The van der Waals surface area contributed by atoms with Crippen molar-refractivity contribution in [3.63, 3.8) is 0 Å². The Morgan fingerprint density at radius 1 is 1.00 bits per heavy atom. The summed E-state index contributed by atoms with van der Waals surface area (Å²) in [7, 11) is 1.69. The van der Waals surface area contributed by atoms with Gasteiger partial charge in [-0.25, -0.2) is 9.78 Å². The molecular formula is C25H25ClN4O2. The minimum absolute atomic E-state index is 0.0507. The third kappa shape index (κ3) is 3.79. The van der Waals surface area contributed by atoms with E-state index in [4.69, 9.17) is 11.6 Å². The van der Waals surface area contributed by atoms with Gasteiger partial charge < -0.3 is 4.57 Å². The first-order valence-corrected chi connectivity index (χ1v) is 11.3. The number of benzene rings is 2. The van der Waals surface area contributed by atoms with Crippen molar-refractivity contribution < 1.29 is 0 Å². The van der Waals surface area contributed by atoms with Crippen LogP contribution in [0, 0.1) is 5.92 Å². The average molecular weight is 449 g/mol. The molecule has 0 unspecified atom stereocenters. The van der Waals surface area contributed by atoms with Gasteiger partial charge in [0.15, 0.2) is 11.2 Å². The van der Waals surface area contributed by atoms with E-state index in [2.05, 4.69) is 29.2 Å². The molecule has 0 N–H and O–H groups in total. The van der Waals surface area contributed by atoms with Gasteiger partial charge in [-0.3, -0.25) is 13.9 Å². The highest BCUT2D eigenvalue weighted by molar-refractivity contribution is 6.30. The maximum atomic E-state index is 13.4. The Morgan fingerprint density at radius 3 is 2.44 bits per heavy atom. The summed E-state index contributed by atoms with van der Waals surface area (Å²) in [6.07, 6.45) is 5.45.